The number of aromatic amines is 2. The highest BCUT2D eigenvalue weighted by atomic mass is 35.5. The summed E-state index contributed by atoms with van der Waals surface area (Å²) in [5.74, 6) is 0.659. The van der Waals surface area contributed by atoms with Crippen LogP contribution in [0.2, 0.25) is 0 Å². The van der Waals surface area contributed by atoms with Gasteiger partial charge in [0.25, 0.3) is 0 Å². The second-order valence-corrected chi connectivity index (χ2v) is 8.13. The summed E-state index contributed by atoms with van der Waals surface area (Å²) in [5.41, 5.74) is 0.190. The summed E-state index contributed by atoms with van der Waals surface area (Å²) in [4.78, 5) is 21.6. The maximum absolute atomic E-state index is 13.6. The summed E-state index contributed by atoms with van der Waals surface area (Å²) < 4.78 is 52.8. The maximum atomic E-state index is 13.6. The van der Waals surface area contributed by atoms with Crippen LogP contribution in [0.4, 0.5) is 23.4 Å². The third kappa shape index (κ3) is 4.27. The fraction of sp³-hybridized carbons (Fsp3) is 0.318. The van der Waals surface area contributed by atoms with Crippen LogP contribution in [0.5, 0.6) is 0 Å². The van der Waals surface area contributed by atoms with Crippen molar-refractivity contribution in [1.29, 1.82) is 0 Å². The van der Waals surface area contributed by atoms with Crippen molar-refractivity contribution in [3.63, 3.8) is 0 Å². The molecule has 1 saturated heterocycles. The van der Waals surface area contributed by atoms with Gasteiger partial charge in [-0.2, -0.15) is 13.2 Å². The molecule has 174 valence electrons. The van der Waals surface area contributed by atoms with E-state index in [0.29, 0.717) is 5.69 Å². The molecule has 0 radical (unpaired) electrons. The minimum Gasteiger partial charge on any atom is -0.356 e. The van der Waals surface area contributed by atoms with Gasteiger partial charge in [0.15, 0.2) is 0 Å². The predicted molar refractivity (Wildman–Crippen MR) is 119 cm³/mol. The molecule has 4 heterocycles. The molecule has 11 heteroatoms. The number of piperidine rings is 1. The van der Waals surface area contributed by atoms with E-state index in [1.54, 1.807) is 6.33 Å². The van der Waals surface area contributed by atoms with E-state index in [4.69, 9.17) is 0 Å². The van der Waals surface area contributed by atoms with Crippen molar-refractivity contribution in [2.75, 3.05) is 18.0 Å². The zero-order valence-corrected chi connectivity index (χ0v) is 18.3. The molecule has 1 aromatic carbocycles. The number of hydrogen-bond donors (Lipinski definition) is 2. The number of rotatable bonds is 3. The second kappa shape index (κ2) is 8.66. The number of hydrogen-bond acceptors (Lipinski definition) is 4. The highest BCUT2D eigenvalue weighted by Crippen LogP contribution is 2.37. The Labute approximate surface area is 192 Å². The average molecular weight is 481 g/mol. The lowest BCUT2D eigenvalue weighted by Gasteiger charge is -2.37. The Hall–Kier alpha value is -3.14. The molecule has 0 amide bonds. The minimum atomic E-state index is -4.75. The van der Waals surface area contributed by atoms with E-state index in [9.17, 15) is 17.6 Å². The van der Waals surface area contributed by atoms with Crippen LogP contribution in [0.3, 0.4) is 0 Å². The SMILES string of the molecule is CC1CN(c2ncnc3[nH]ccc23)CCC1c1ncc(-c2ccc(F)c(C(F)(F)F)c2)[nH]1.Cl. The van der Waals surface area contributed by atoms with E-state index in [0.717, 1.165) is 54.3 Å². The second-order valence-electron chi connectivity index (χ2n) is 8.13. The Balaban J connectivity index is 0.00000259. The molecule has 0 bridgehead atoms. The molecule has 33 heavy (non-hydrogen) atoms. The average Bonchev–Trinajstić information content (AvgIpc) is 3.43. The molecular weight excluding hydrogens is 460 g/mol. The van der Waals surface area contributed by atoms with Crippen LogP contribution in [-0.2, 0) is 6.18 Å². The highest BCUT2D eigenvalue weighted by molar-refractivity contribution is 5.87. The van der Waals surface area contributed by atoms with Crippen LogP contribution in [0.1, 0.15) is 30.7 Å². The number of anilines is 1. The van der Waals surface area contributed by atoms with Gasteiger partial charge < -0.3 is 14.9 Å². The lowest BCUT2D eigenvalue weighted by Crippen LogP contribution is -2.39. The summed E-state index contributed by atoms with van der Waals surface area (Å²) in [6, 6.07) is 4.93. The molecule has 6 nitrogen and oxygen atoms in total. The Morgan fingerprint density at radius 1 is 1.12 bits per heavy atom. The van der Waals surface area contributed by atoms with Gasteiger partial charge >= 0.3 is 6.18 Å². The van der Waals surface area contributed by atoms with Crippen LogP contribution in [-0.4, -0.2) is 38.0 Å². The lowest BCUT2D eigenvalue weighted by atomic mass is 9.86. The molecule has 0 aliphatic carbocycles. The van der Waals surface area contributed by atoms with E-state index in [1.807, 2.05) is 12.3 Å². The molecule has 5 rings (SSSR count). The van der Waals surface area contributed by atoms with Crippen molar-refractivity contribution in [2.45, 2.75) is 25.4 Å². The van der Waals surface area contributed by atoms with Gasteiger partial charge in [0.1, 0.15) is 29.4 Å². The van der Waals surface area contributed by atoms with Crippen molar-refractivity contribution in [1.82, 2.24) is 24.9 Å². The smallest absolute Gasteiger partial charge is 0.356 e. The fourth-order valence-electron chi connectivity index (χ4n) is 4.44. The van der Waals surface area contributed by atoms with E-state index >= 15 is 0 Å². The van der Waals surface area contributed by atoms with E-state index in [2.05, 4.69) is 36.7 Å². The largest absolute Gasteiger partial charge is 0.419 e. The summed E-state index contributed by atoms with van der Waals surface area (Å²) in [6.07, 6.45) is 0.942. The summed E-state index contributed by atoms with van der Waals surface area (Å²) >= 11 is 0. The first-order valence-electron chi connectivity index (χ1n) is 10.3. The van der Waals surface area contributed by atoms with Gasteiger partial charge in [-0.1, -0.05) is 6.92 Å². The van der Waals surface area contributed by atoms with E-state index in [-0.39, 0.29) is 29.8 Å². The standard InChI is InChI=1S/C22H20F4N6.ClH/c1-12-10-32(21-15-4-6-27-19(15)29-11-30-21)7-5-14(12)20-28-9-18(31-20)13-2-3-17(23)16(8-13)22(24,25)26;/h2-4,6,8-9,11-12,14H,5,7,10H2,1H3,(H,28,31)(H,27,29,30);1H. The number of nitrogens with zero attached hydrogens (tertiary/aromatic N) is 4. The molecule has 1 aliphatic heterocycles. The van der Waals surface area contributed by atoms with Gasteiger partial charge in [0, 0.05) is 30.8 Å². The van der Waals surface area contributed by atoms with Crippen molar-refractivity contribution in [3.05, 3.63) is 60.2 Å². The van der Waals surface area contributed by atoms with Crippen molar-refractivity contribution < 1.29 is 17.6 Å². The monoisotopic (exact) mass is 480 g/mol. The molecule has 2 unspecified atom stereocenters. The lowest BCUT2D eigenvalue weighted by molar-refractivity contribution is -0.139. The molecule has 4 aromatic rings. The molecule has 1 aliphatic rings. The van der Waals surface area contributed by atoms with Gasteiger partial charge in [-0.3, -0.25) is 0 Å². The van der Waals surface area contributed by atoms with E-state index < -0.39 is 17.6 Å². The van der Waals surface area contributed by atoms with Gasteiger partial charge in [0.2, 0.25) is 0 Å². The van der Waals surface area contributed by atoms with Gasteiger partial charge in [0.05, 0.1) is 22.8 Å². The van der Waals surface area contributed by atoms with Crippen molar-refractivity contribution >= 4 is 29.3 Å². The third-order valence-corrected chi connectivity index (χ3v) is 6.07. The Morgan fingerprint density at radius 3 is 2.70 bits per heavy atom. The van der Waals surface area contributed by atoms with Crippen molar-refractivity contribution in [2.24, 2.45) is 5.92 Å². The number of aromatic nitrogens is 5. The highest BCUT2D eigenvalue weighted by Gasteiger charge is 2.35. The number of nitrogens with one attached hydrogen (secondary N) is 2. The zero-order chi connectivity index (χ0) is 22.5. The summed E-state index contributed by atoms with van der Waals surface area (Å²) in [6.45, 7) is 3.64. The molecule has 2 N–H and O–H groups in total. The predicted octanol–water partition coefficient (Wildman–Crippen LogP) is 5.56. The van der Waals surface area contributed by atoms with Crippen LogP contribution in [0.25, 0.3) is 22.3 Å². The molecule has 1 fully saturated rings. The fourth-order valence-corrected chi connectivity index (χ4v) is 4.44. The summed E-state index contributed by atoms with van der Waals surface area (Å²) in [5, 5.41) is 0.968. The quantitative estimate of drug-likeness (QED) is 0.377. The number of benzene rings is 1. The van der Waals surface area contributed by atoms with Crippen LogP contribution in [0, 0.1) is 11.7 Å². The normalized spacial score (nSPS) is 19.0. The maximum Gasteiger partial charge on any atom is 0.419 e. The number of H-pyrrole nitrogens is 2. The van der Waals surface area contributed by atoms with Crippen LogP contribution in [0.15, 0.2) is 43.0 Å². The Morgan fingerprint density at radius 2 is 1.94 bits per heavy atom. The van der Waals surface area contributed by atoms with E-state index in [1.165, 1.54) is 12.3 Å². The number of fused-ring (bicyclic) bond motifs is 1. The third-order valence-electron chi connectivity index (χ3n) is 6.07. The van der Waals surface area contributed by atoms with Crippen LogP contribution >= 0.6 is 12.4 Å². The Kier molecular flexibility index (Phi) is 6.04. The van der Waals surface area contributed by atoms with Crippen molar-refractivity contribution in [3.8, 4) is 11.3 Å². The van der Waals surface area contributed by atoms with Gasteiger partial charge in [-0.25, -0.2) is 19.3 Å². The Bertz CT molecular complexity index is 1270. The molecule has 2 atom stereocenters. The van der Waals surface area contributed by atoms with Gasteiger partial charge in [-0.15, -0.1) is 12.4 Å². The molecule has 3 aromatic heterocycles. The number of halogens is 5. The first-order chi connectivity index (χ1) is 15.3. The zero-order valence-electron chi connectivity index (χ0n) is 17.5. The first-order valence-corrected chi connectivity index (χ1v) is 10.3. The number of alkyl halides is 3. The van der Waals surface area contributed by atoms with Crippen LogP contribution < -0.4 is 4.90 Å². The van der Waals surface area contributed by atoms with Gasteiger partial charge in [-0.05, 0) is 36.6 Å². The first kappa shape index (κ1) is 23.0. The minimum absolute atomic E-state index is 0. The topological polar surface area (TPSA) is 73.5 Å². The molecule has 0 saturated carbocycles. The molecule has 0 spiro atoms. The molecular formula is C22H21ClF4N6. The summed E-state index contributed by atoms with van der Waals surface area (Å²) in [7, 11) is 0. The number of imidazole rings is 1.